The molecule has 1 aliphatic carbocycles. The fourth-order valence-corrected chi connectivity index (χ4v) is 5.01. The van der Waals surface area contributed by atoms with Gasteiger partial charge < -0.3 is 15.0 Å². The van der Waals surface area contributed by atoms with Crippen molar-refractivity contribution in [3.63, 3.8) is 0 Å². The van der Waals surface area contributed by atoms with Gasteiger partial charge in [-0.15, -0.1) is 11.3 Å². The van der Waals surface area contributed by atoms with Gasteiger partial charge in [0.1, 0.15) is 5.00 Å². The minimum absolute atomic E-state index is 0.156. The third-order valence-electron chi connectivity index (χ3n) is 5.62. The molecule has 1 aromatic heterocycles. The quantitative estimate of drug-likeness (QED) is 0.752. The number of amides is 2. The van der Waals surface area contributed by atoms with E-state index in [1.165, 1.54) is 11.3 Å². The van der Waals surface area contributed by atoms with E-state index in [0.717, 1.165) is 37.1 Å². The smallest absolute Gasteiger partial charge is 0.341 e. The number of thiophene rings is 1. The zero-order valence-electron chi connectivity index (χ0n) is 16.4. The zero-order valence-corrected chi connectivity index (χ0v) is 17.2. The Balaban J connectivity index is 1.80. The molecule has 1 N–H and O–H groups in total. The summed E-state index contributed by atoms with van der Waals surface area (Å²) in [5, 5.41) is 3.25. The second-order valence-corrected chi connectivity index (χ2v) is 8.50. The number of carbonyl (C=O) groups is 3. The SMILES string of the molecule is CCOC(=O)c1c(NC(=O)CN2CCC23CCC3)sc(C(=O)N(C)C)c1C. The highest BCUT2D eigenvalue weighted by Gasteiger charge is 2.49. The van der Waals surface area contributed by atoms with Crippen LogP contribution < -0.4 is 5.32 Å². The number of hydrogen-bond acceptors (Lipinski definition) is 6. The van der Waals surface area contributed by atoms with Gasteiger partial charge in [-0.1, -0.05) is 0 Å². The van der Waals surface area contributed by atoms with Crippen LogP contribution in [-0.2, 0) is 9.53 Å². The fourth-order valence-electron chi connectivity index (χ4n) is 3.78. The van der Waals surface area contributed by atoms with E-state index in [1.807, 2.05) is 0 Å². The molecule has 1 saturated carbocycles. The standard InChI is InChI=1S/C19H27N3O4S/c1-5-26-18(25)14-12(2)15(17(24)21(3)4)27-16(14)20-13(23)11-22-10-9-19(22)7-6-8-19/h5-11H2,1-4H3,(H,20,23). The van der Waals surface area contributed by atoms with Crippen molar-refractivity contribution in [2.45, 2.75) is 45.1 Å². The van der Waals surface area contributed by atoms with Crippen LogP contribution >= 0.6 is 11.3 Å². The van der Waals surface area contributed by atoms with Gasteiger partial charge in [-0.2, -0.15) is 0 Å². The van der Waals surface area contributed by atoms with Gasteiger partial charge >= 0.3 is 5.97 Å². The summed E-state index contributed by atoms with van der Waals surface area (Å²) in [4.78, 5) is 41.6. The molecule has 0 bridgehead atoms. The van der Waals surface area contributed by atoms with Crippen LogP contribution in [0.5, 0.6) is 0 Å². The Hall–Kier alpha value is -1.93. The molecule has 1 spiro atoms. The van der Waals surface area contributed by atoms with Gasteiger partial charge in [-0.05, 0) is 45.1 Å². The highest BCUT2D eigenvalue weighted by Crippen LogP contribution is 2.46. The van der Waals surface area contributed by atoms with Crippen LogP contribution in [0.1, 0.15) is 58.2 Å². The molecule has 27 heavy (non-hydrogen) atoms. The van der Waals surface area contributed by atoms with Crippen LogP contribution in [0.3, 0.4) is 0 Å². The van der Waals surface area contributed by atoms with Crippen molar-refractivity contribution in [3.05, 3.63) is 16.0 Å². The van der Waals surface area contributed by atoms with Crippen LogP contribution in [0.15, 0.2) is 0 Å². The van der Waals surface area contributed by atoms with E-state index >= 15 is 0 Å². The second kappa shape index (κ2) is 7.59. The van der Waals surface area contributed by atoms with Crippen molar-refractivity contribution in [2.24, 2.45) is 0 Å². The summed E-state index contributed by atoms with van der Waals surface area (Å²) in [7, 11) is 3.32. The van der Waals surface area contributed by atoms with Gasteiger partial charge in [0.25, 0.3) is 5.91 Å². The molecule has 1 aromatic rings. The number of anilines is 1. The van der Waals surface area contributed by atoms with Crippen molar-refractivity contribution in [1.29, 1.82) is 0 Å². The molecule has 3 rings (SSSR count). The Morgan fingerprint density at radius 2 is 1.96 bits per heavy atom. The zero-order chi connectivity index (χ0) is 19.8. The van der Waals surface area contributed by atoms with E-state index in [0.29, 0.717) is 22.0 Å². The van der Waals surface area contributed by atoms with Crippen molar-refractivity contribution in [1.82, 2.24) is 9.80 Å². The number of nitrogens with zero attached hydrogens (tertiary/aromatic N) is 2. The molecule has 0 unspecified atom stereocenters. The van der Waals surface area contributed by atoms with E-state index in [2.05, 4.69) is 10.2 Å². The van der Waals surface area contributed by atoms with Crippen molar-refractivity contribution in [3.8, 4) is 0 Å². The number of likely N-dealkylation sites (tertiary alicyclic amines) is 1. The molecule has 8 heteroatoms. The molecular formula is C19H27N3O4S. The Morgan fingerprint density at radius 3 is 2.44 bits per heavy atom. The van der Waals surface area contributed by atoms with E-state index < -0.39 is 5.97 Å². The minimum Gasteiger partial charge on any atom is -0.462 e. The Labute approximate surface area is 163 Å². The number of carbonyl (C=O) groups excluding carboxylic acids is 3. The lowest BCUT2D eigenvalue weighted by Gasteiger charge is -2.58. The lowest BCUT2D eigenvalue weighted by Crippen LogP contribution is -2.65. The molecule has 2 aliphatic rings. The third kappa shape index (κ3) is 3.60. The Bertz CT molecular complexity index is 762. The Kier molecular flexibility index (Phi) is 5.58. The molecule has 2 amide bonds. The number of rotatable bonds is 6. The summed E-state index contributed by atoms with van der Waals surface area (Å²) in [6.07, 6.45) is 4.71. The lowest BCUT2D eigenvalue weighted by atomic mass is 9.68. The predicted octanol–water partition coefficient (Wildman–Crippen LogP) is 2.50. The first-order valence-corrected chi connectivity index (χ1v) is 10.2. The maximum atomic E-state index is 12.6. The molecule has 1 aliphatic heterocycles. The summed E-state index contributed by atoms with van der Waals surface area (Å²) in [5.41, 5.74) is 1.06. The average molecular weight is 394 g/mol. The normalized spacial score (nSPS) is 17.8. The van der Waals surface area contributed by atoms with Crippen molar-refractivity contribution >= 4 is 34.1 Å². The molecule has 0 aromatic carbocycles. The van der Waals surface area contributed by atoms with Crippen LogP contribution in [-0.4, -0.2) is 66.9 Å². The monoisotopic (exact) mass is 393 g/mol. The highest BCUT2D eigenvalue weighted by molar-refractivity contribution is 7.18. The van der Waals surface area contributed by atoms with Crippen LogP contribution in [0.25, 0.3) is 0 Å². The number of nitrogens with one attached hydrogen (secondary N) is 1. The predicted molar refractivity (Wildman–Crippen MR) is 104 cm³/mol. The van der Waals surface area contributed by atoms with Gasteiger partial charge in [-0.25, -0.2) is 4.79 Å². The summed E-state index contributed by atoms with van der Waals surface area (Å²) in [6, 6.07) is 0. The van der Waals surface area contributed by atoms with E-state index in [1.54, 1.807) is 27.9 Å². The first-order chi connectivity index (χ1) is 12.8. The van der Waals surface area contributed by atoms with E-state index in [-0.39, 0.29) is 29.5 Å². The van der Waals surface area contributed by atoms with Gasteiger partial charge in [-0.3, -0.25) is 14.5 Å². The van der Waals surface area contributed by atoms with E-state index in [4.69, 9.17) is 4.74 Å². The van der Waals surface area contributed by atoms with Crippen molar-refractivity contribution < 1.29 is 19.1 Å². The maximum absolute atomic E-state index is 12.6. The molecule has 0 atom stereocenters. The van der Waals surface area contributed by atoms with Gasteiger partial charge in [0.2, 0.25) is 5.91 Å². The van der Waals surface area contributed by atoms with Crippen molar-refractivity contribution in [2.75, 3.05) is 39.1 Å². The topological polar surface area (TPSA) is 79.0 Å². The largest absolute Gasteiger partial charge is 0.462 e. The molecule has 2 heterocycles. The highest BCUT2D eigenvalue weighted by atomic mass is 32.1. The number of esters is 1. The third-order valence-corrected chi connectivity index (χ3v) is 6.81. The van der Waals surface area contributed by atoms with E-state index in [9.17, 15) is 14.4 Å². The fraction of sp³-hybridized carbons (Fsp3) is 0.632. The summed E-state index contributed by atoms with van der Waals surface area (Å²) >= 11 is 1.13. The van der Waals surface area contributed by atoms with Crippen LogP contribution in [0.4, 0.5) is 5.00 Å². The first-order valence-electron chi connectivity index (χ1n) is 9.36. The minimum atomic E-state index is -0.515. The van der Waals surface area contributed by atoms with Crippen LogP contribution in [0.2, 0.25) is 0 Å². The molecule has 7 nitrogen and oxygen atoms in total. The van der Waals surface area contributed by atoms with Gasteiger partial charge in [0.15, 0.2) is 0 Å². The summed E-state index contributed by atoms with van der Waals surface area (Å²) in [5.74, 6) is -0.866. The first kappa shape index (κ1) is 19.8. The summed E-state index contributed by atoms with van der Waals surface area (Å²) in [6.45, 7) is 4.93. The van der Waals surface area contributed by atoms with Gasteiger partial charge in [0.05, 0.1) is 23.6 Å². The number of hydrogen-bond donors (Lipinski definition) is 1. The molecular weight excluding hydrogens is 366 g/mol. The molecule has 148 valence electrons. The lowest BCUT2D eigenvalue weighted by molar-refractivity contribution is -0.127. The molecule has 0 radical (unpaired) electrons. The molecule has 2 fully saturated rings. The molecule has 1 saturated heterocycles. The van der Waals surface area contributed by atoms with Crippen LogP contribution in [0, 0.1) is 6.92 Å². The second-order valence-electron chi connectivity index (χ2n) is 7.48. The Morgan fingerprint density at radius 1 is 1.26 bits per heavy atom. The average Bonchev–Trinajstić information content (AvgIpc) is 2.85. The van der Waals surface area contributed by atoms with Gasteiger partial charge in [0, 0.05) is 26.2 Å². The maximum Gasteiger partial charge on any atom is 0.341 e. The summed E-state index contributed by atoms with van der Waals surface area (Å²) < 4.78 is 5.14. The number of ether oxygens (including phenoxy) is 1.